The third-order valence-electron chi connectivity index (χ3n) is 4.50. The van der Waals surface area contributed by atoms with Crippen molar-refractivity contribution in [2.24, 2.45) is 10.4 Å². The van der Waals surface area contributed by atoms with Gasteiger partial charge in [0.15, 0.2) is 17.6 Å². The molecule has 1 atom stereocenters. The number of aromatic nitrogens is 1. The van der Waals surface area contributed by atoms with Crippen LogP contribution in [0.5, 0.6) is 0 Å². The standard InChI is InChI=1S/C19H31FN6O.HI/c1-5-21-17(27)19(3,4)13-24-18(22-6-2)25-14-9-11-26(12-14)16-15(20)8-7-10-23-16;/h7-8,10,14H,5-6,9,11-13H2,1-4H3,(H,21,27)(H2,22,24,25);1H. The smallest absolute Gasteiger partial charge is 0.227 e. The van der Waals surface area contributed by atoms with Crippen molar-refractivity contribution >= 4 is 41.7 Å². The predicted molar refractivity (Wildman–Crippen MR) is 122 cm³/mol. The van der Waals surface area contributed by atoms with Gasteiger partial charge in [0.2, 0.25) is 5.91 Å². The summed E-state index contributed by atoms with van der Waals surface area (Å²) in [5, 5.41) is 9.46. The van der Waals surface area contributed by atoms with Gasteiger partial charge in [-0.3, -0.25) is 9.79 Å². The highest BCUT2D eigenvalue weighted by molar-refractivity contribution is 14.0. The molecule has 7 nitrogen and oxygen atoms in total. The number of guanidine groups is 1. The molecule has 0 bridgehead atoms. The van der Waals surface area contributed by atoms with Crippen molar-refractivity contribution in [2.45, 2.75) is 40.2 Å². The van der Waals surface area contributed by atoms with Crippen LogP contribution in [0.3, 0.4) is 0 Å². The molecule has 1 aromatic heterocycles. The van der Waals surface area contributed by atoms with Gasteiger partial charge in [-0.2, -0.15) is 0 Å². The fourth-order valence-electron chi connectivity index (χ4n) is 2.94. The summed E-state index contributed by atoms with van der Waals surface area (Å²) >= 11 is 0. The van der Waals surface area contributed by atoms with Gasteiger partial charge in [-0.05, 0) is 46.2 Å². The van der Waals surface area contributed by atoms with Crippen LogP contribution in [-0.4, -0.2) is 55.6 Å². The number of hydrogen-bond donors (Lipinski definition) is 3. The number of halogens is 2. The first-order valence-electron chi connectivity index (χ1n) is 9.56. The Morgan fingerprint density at radius 2 is 2.07 bits per heavy atom. The predicted octanol–water partition coefficient (Wildman–Crippen LogP) is 2.13. The molecule has 1 aliphatic rings. The van der Waals surface area contributed by atoms with E-state index in [1.165, 1.54) is 6.07 Å². The number of nitrogens with one attached hydrogen (secondary N) is 3. The Labute approximate surface area is 184 Å². The molecule has 158 valence electrons. The van der Waals surface area contributed by atoms with E-state index < -0.39 is 5.41 Å². The number of rotatable bonds is 7. The van der Waals surface area contributed by atoms with E-state index in [9.17, 15) is 9.18 Å². The lowest BCUT2D eigenvalue weighted by Gasteiger charge is -2.23. The Morgan fingerprint density at radius 1 is 1.36 bits per heavy atom. The van der Waals surface area contributed by atoms with Crippen LogP contribution in [0.25, 0.3) is 0 Å². The third kappa shape index (κ3) is 6.75. The minimum Gasteiger partial charge on any atom is -0.357 e. The second kappa shape index (κ2) is 11.4. The van der Waals surface area contributed by atoms with Crippen LogP contribution in [0.1, 0.15) is 34.1 Å². The number of carbonyl (C=O) groups is 1. The van der Waals surface area contributed by atoms with Gasteiger partial charge in [-0.1, -0.05) is 0 Å². The second-order valence-electron chi connectivity index (χ2n) is 7.32. The van der Waals surface area contributed by atoms with Crippen molar-refractivity contribution < 1.29 is 9.18 Å². The molecule has 2 rings (SSSR count). The van der Waals surface area contributed by atoms with E-state index in [-0.39, 0.29) is 41.7 Å². The molecule has 1 amide bonds. The number of amides is 1. The zero-order chi connectivity index (χ0) is 19.9. The number of carbonyl (C=O) groups excluding carboxylic acids is 1. The molecule has 9 heteroatoms. The molecular formula is C19H32FIN6O. The third-order valence-corrected chi connectivity index (χ3v) is 4.50. The van der Waals surface area contributed by atoms with Gasteiger partial charge in [0, 0.05) is 38.4 Å². The first-order chi connectivity index (χ1) is 12.9. The molecule has 0 spiro atoms. The van der Waals surface area contributed by atoms with Crippen LogP contribution in [0.2, 0.25) is 0 Å². The summed E-state index contributed by atoms with van der Waals surface area (Å²) in [4.78, 5) is 22.8. The van der Waals surface area contributed by atoms with E-state index in [0.29, 0.717) is 31.4 Å². The zero-order valence-corrected chi connectivity index (χ0v) is 19.4. The second-order valence-corrected chi connectivity index (χ2v) is 7.32. The number of aliphatic imine (C=N–C) groups is 1. The molecule has 1 aromatic rings. The summed E-state index contributed by atoms with van der Waals surface area (Å²) < 4.78 is 13.9. The van der Waals surface area contributed by atoms with Gasteiger partial charge in [0.25, 0.3) is 0 Å². The van der Waals surface area contributed by atoms with Gasteiger partial charge >= 0.3 is 0 Å². The van der Waals surface area contributed by atoms with Crippen molar-refractivity contribution in [3.63, 3.8) is 0 Å². The lowest BCUT2D eigenvalue weighted by Crippen LogP contribution is -2.46. The van der Waals surface area contributed by atoms with Gasteiger partial charge in [-0.15, -0.1) is 24.0 Å². The Bertz CT molecular complexity index is 670. The molecule has 2 heterocycles. The summed E-state index contributed by atoms with van der Waals surface area (Å²) in [5.41, 5.74) is -0.586. The first kappa shape index (κ1) is 24.4. The van der Waals surface area contributed by atoms with E-state index in [4.69, 9.17) is 0 Å². The van der Waals surface area contributed by atoms with Crippen molar-refractivity contribution in [1.29, 1.82) is 0 Å². The lowest BCUT2D eigenvalue weighted by molar-refractivity contribution is -0.128. The quantitative estimate of drug-likeness (QED) is 0.300. The van der Waals surface area contributed by atoms with Gasteiger partial charge in [-0.25, -0.2) is 9.37 Å². The summed E-state index contributed by atoms with van der Waals surface area (Å²) in [6, 6.07) is 3.16. The van der Waals surface area contributed by atoms with E-state index in [0.717, 1.165) is 19.5 Å². The Kier molecular flexibility index (Phi) is 9.91. The SMILES string of the molecule is CCNC(=O)C(C)(C)CN=C(NCC)NC1CCN(c2ncccc2F)C1.I. The average Bonchev–Trinajstić information content (AvgIpc) is 3.09. The highest BCUT2D eigenvalue weighted by Crippen LogP contribution is 2.21. The van der Waals surface area contributed by atoms with Crippen molar-refractivity contribution in [3.05, 3.63) is 24.1 Å². The molecule has 1 saturated heterocycles. The number of pyridine rings is 1. The van der Waals surface area contributed by atoms with E-state index in [1.807, 2.05) is 32.6 Å². The van der Waals surface area contributed by atoms with E-state index in [2.05, 4.69) is 25.9 Å². The molecule has 0 aromatic carbocycles. The largest absolute Gasteiger partial charge is 0.357 e. The Hall–Kier alpha value is -1.65. The van der Waals surface area contributed by atoms with Crippen molar-refractivity contribution in [2.75, 3.05) is 37.6 Å². The molecule has 28 heavy (non-hydrogen) atoms. The molecule has 3 N–H and O–H groups in total. The number of hydrogen-bond acceptors (Lipinski definition) is 4. The minimum atomic E-state index is -0.586. The maximum Gasteiger partial charge on any atom is 0.227 e. The maximum atomic E-state index is 13.9. The molecule has 0 saturated carbocycles. The van der Waals surface area contributed by atoms with Crippen LogP contribution >= 0.6 is 24.0 Å². The summed E-state index contributed by atoms with van der Waals surface area (Å²) in [7, 11) is 0. The minimum absolute atomic E-state index is 0. The Morgan fingerprint density at radius 3 is 2.71 bits per heavy atom. The van der Waals surface area contributed by atoms with E-state index >= 15 is 0 Å². The normalized spacial score (nSPS) is 17.1. The summed E-state index contributed by atoms with van der Waals surface area (Å²) in [6.07, 6.45) is 2.47. The van der Waals surface area contributed by atoms with Gasteiger partial charge in [0.05, 0.1) is 12.0 Å². The monoisotopic (exact) mass is 506 g/mol. The lowest BCUT2D eigenvalue weighted by atomic mass is 9.92. The fourth-order valence-corrected chi connectivity index (χ4v) is 2.94. The molecule has 0 aliphatic carbocycles. The van der Waals surface area contributed by atoms with Crippen LogP contribution in [-0.2, 0) is 4.79 Å². The maximum absolute atomic E-state index is 13.9. The molecule has 1 unspecified atom stereocenters. The zero-order valence-electron chi connectivity index (χ0n) is 17.1. The molecule has 0 radical (unpaired) electrons. The van der Waals surface area contributed by atoms with Crippen LogP contribution in [0.15, 0.2) is 23.3 Å². The highest BCUT2D eigenvalue weighted by Gasteiger charge is 2.28. The van der Waals surface area contributed by atoms with Crippen molar-refractivity contribution in [3.8, 4) is 0 Å². The molecule has 1 aliphatic heterocycles. The van der Waals surface area contributed by atoms with Crippen molar-refractivity contribution in [1.82, 2.24) is 20.9 Å². The fraction of sp³-hybridized carbons (Fsp3) is 0.632. The number of nitrogens with zero attached hydrogens (tertiary/aromatic N) is 3. The highest BCUT2D eigenvalue weighted by atomic mass is 127. The topological polar surface area (TPSA) is 81.6 Å². The van der Waals surface area contributed by atoms with Crippen LogP contribution in [0.4, 0.5) is 10.2 Å². The van der Waals surface area contributed by atoms with E-state index in [1.54, 1.807) is 12.3 Å². The van der Waals surface area contributed by atoms with Gasteiger partial charge < -0.3 is 20.9 Å². The Balaban J connectivity index is 0.00000392. The van der Waals surface area contributed by atoms with Gasteiger partial charge in [0.1, 0.15) is 0 Å². The first-order valence-corrected chi connectivity index (χ1v) is 9.56. The van der Waals surface area contributed by atoms with Crippen LogP contribution in [0, 0.1) is 11.2 Å². The molecule has 1 fully saturated rings. The molecular weight excluding hydrogens is 474 g/mol. The number of anilines is 1. The van der Waals surface area contributed by atoms with Crippen LogP contribution < -0.4 is 20.9 Å². The average molecular weight is 506 g/mol. The summed E-state index contributed by atoms with van der Waals surface area (Å²) in [5.74, 6) is 0.744. The summed E-state index contributed by atoms with van der Waals surface area (Å²) in [6.45, 7) is 10.7.